The van der Waals surface area contributed by atoms with Gasteiger partial charge in [-0.3, -0.25) is 4.79 Å². The van der Waals surface area contributed by atoms with Crippen molar-refractivity contribution in [2.75, 3.05) is 13.1 Å². The molecule has 1 fully saturated rings. The van der Waals surface area contributed by atoms with Crippen LogP contribution in [0.25, 0.3) is 0 Å². The van der Waals surface area contributed by atoms with E-state index in [0.717, 1.165) is 6.42 Å². The molecule has 28 heavy (non-hydrogen) atoms. The maximum absolute atomic E-state index is 12.6. The number of nitrogens with zero attached hydrogens (tertiary/aromatic N) is 2. The number of esters is 1. The Labute approximate surface area is 172 Å². The van der Waals surface area contributed by atoms with Crippen LogP contribution in [0, 0.1) is 5.92 Å². The molecule has 146 valence electrons. The van der Waals surface area contributed by atoms with Gasteiger partial charge in [0.25, 0.3) is 10.0 Å². The summed E-state index contributed by atoms with van der Waals surface area (Å²) in [4.78, 5) is 14.7. The first-order chi connectivity index (χ1) is 13.3. The van der Waals surface area contributed by atoms with Crippen LogP contribution in [0.2, 0.25) is 10.0 Å². The standard InChI is InChI=1S/C19H16Cl2N2O4S/c20-15-8-7-13(10-16(15)21)27-19(24)12-4-3-9-23(11-12)18-14-5-1-2-6-17(14)28(25,26)22-18/h1-2,5-8,10,12H,3-4,9,11H2. The Kier molecular flexibility index (Phi) is 5.07. The quantitative estimate of drug-likeness (QED) is 0.526. The Balaban J connectivity index is 1.52. The number of piperidine rings is 1. The highest BCUT2D eigenvalue weighted by atomic mass is 35.5. The van der Waals surface area contributed by atoms with Gasteiger partial charge in [0.2, 0.25) is 0 Å². The lowest BCUT2D eigenvalue weighted by molar-refractivity contribution is -0.140. The fourth-order valence-electron chi connectivity index (χ4n) is 3.42. The maximum atomic E-state index is 12.6. The molecule has 6 nitrogen and oxygen atoms in total. The second kappa shape index (κ2) is 7.39. The number of halogens is 2. The van der Waals surface area contributed by atoms with Crippen molar-refractivity contribution in [1.29, 1.82) is 0 Å². The van der Waals surface area contributed by atoms with E-state index in [1.807, 2.05) is 4.90 Å². The van der Waals surface area contributed by atoms with E-state index in [1.165, 1.54) is 6.07 Å². The predicted molar refractivity (Wildman–Crippen MR) is 107 cm³/mol. The van der Waals surface area contributed by atoms with E-state index in [9.17, 15) is 13.2 Å². The highest BCUT2D eigenvalue weighted by molar-refractivity contribution is 7.90. The average molecular weight is 439 g/mol. The summed E-state index contributed by atoms with van der Waals surface area (Å²) in [6, 6.07) is 11.4. The number of carbonyl (C=O) groups is 1. The summed E-state index contributed by atoms with van der Waals surface area (Å²) in [5.41, 5.74) is 0.570. The van der Waals surface area contributed by atoms with Gasteiger partial charge in [0, 0.05) is 24.7 Å². The van der Waals surface area contributed by atoms with Crippen LogP contribution in [0.5, 0.6) is 5.75 Å². The molecule has 0 N–H and O–H groups in total. The van der Waals surface area contributed by atoms with Crippen molar-refractivity contribution >= 4 is 45.0 Å². The van der Waals surface area contributed by atoms with Crippen LogP contribution in [-0.2, 0) is 14.8 Å². The first kappa shape index (κ1) is 19.2. The number of benzene rings is 2. The minimum absolute atomic E-state index is 0.200. The topological polar surface area (TPSA) is 76.0 Å². The minimum Gasteiger partial charge on any atom is -0.426 e. The van der Waals surface area contributed by atoms with Crippen molar-refractivity contribution in [3.05, 3.63) is 58.1 Å². The molecule has 2 aromatic carbocycles. The molecule has 0 spiro atoms. The van der Waals surface area contributed by atoms with Gasteiger partial charge < -0.3 is 9.64 Å². The largest absolute Gasteiger partial charge is 0.426 e. The van der Waals surface area contributed by atoms with Crippen LogP contribution >= 0.6 is 23.2 Å². The van der Waals surface area contributed by atoms with E-state index < -0.39 is 21.9 Å². The first-order valence-electron chi connectivity index (χ1n) is 8.71. The highest BCUT2D eigenvalue weighted by Crippen LogP contribution is 2.31. The lowest BCUT2D eigenvalue weighted by Crippen LogP contribution is -2.43. The third-order valence-corrected chi connectivity index (χ3v) is 6.84. The van der Waals surface area contributed by atoms with Crippen LogP contribution in [0.4, 0.5) is 0 Å². The molecule has 0 radical (unpaired) electrons. The van der Waals surface area contributed by atoms with Gasteiger partial charge in [-0.25, -0.2) is 0 Å². The van der Waals surface area contributed by atoms with Gasteiger partial charge in [-0.1, -0.05) is 35.3 Å². The van der Waals surface area contributed by atoms with Crippen LogP contribution in [0.15, 0.2) is 51.8 Å². The number of hydrogen-bond acceptors (Lipinski definition) is 5. The summed E-state index contributed by atoms with van der Waals surface area (Å²) in [7, 11) is -3.70. The van der Waals surface area contributed by atoms with Crippen LogP contribution in [0.1, 0.15) is 18.4 Å². The van der Waals surface area contributed by atoms with Gasteiger partial charge in [-0.05, 0) is 37.1 Å². The molecule has 0 aliphatic carbocycles. The third-order valence-electron chi connectivity index (χ3n) is 4.78. The van der Waals surface area contributed by atoms with Gasteiger partial charge in [0.05, 0.1) is 16.0 Å². The fourth-order valence-corrected chi connectivity index (χ4v) is 4.93. The van der Waals surface area contributed by atoms with Crippen molar-refractivity contribution < 1.29 is 17.9 Å². The minimum atomic E-state index is -3.70. The zero-order valence-electron chi connectivity index (χ0n) is 14.6. The molecule has 2 aromatic rings. The summed E-state index contributed by atoms with van der Waals surface area (Å²) in [6.45, 7) is 0.960. The van der Waals surface area contributed by atoms with Crippen LogP contribution < -0.4 is 4.74 Å². The zero-order valence-corrected chi connectivity index (χ0v) is 17.0. The molecular formula is C19H16Cl2N2O4S. The van der Waals surface area contributed by atoms with E-state index in [0.29, 0.717) is 46.7 Å². The van der Waals surface area contributed by atoms with Gasteiger partial charge in [0.15, 0.2) is 5.84 Å². The van der Waals surface area contributed by atoms with Crippen molar-refractivity contribution in [1.82, 2.24) is 4.90 Å². The monoisotopic (exact) mass is 438 g/mol. The summed E-state index contributed by atoms with van der Waals surface area (Å²) < 4.78 is 34.0. The number of ether oxygens (including phenoxy) is 1. The van der Waals surface area contributed by atoms with Crippen molar-refractivity contribution in [2.24, 2.45) is 10.3 Å². The lowest BCUT2D eigenvalue weighted by Gasteiger charge is -2.32. The summed E-state index contributed by atoms with van der Waals surface area (Å²) in [5, 5.41) is 0.684. The predicted octanol–water partition coefficient (Wildman–Crippen LogP) is 3.76. The molecule has 0 saturated carbocycles. The Hall–Kier alpha value is -2.09. The normalized spacial score (nSPS) is 20.4. The Morgan fingerprint density at radius 2 is 1.93 bits per heavy atom. The number of fused-ring (bicyclic) bond motifs is 1. The van der Waals surface area contributed by atoms with E-state index in [-0.39, 0.29) is 4.90 Å². The van der Waals surface area contributed by atoms with Crippen LogP contribution in [0.3, 0.4) is 0 Å². The van der Waals surface area contributed by atoms with E-state index in [2.05, 4.69) is 4.40 Å². The van der Waals surface area contributed by atoms with E-state index >= 15 is 0 Å². The number of carbonyl (C=O) groups excluding carboxylic acids is 1. The molecule has 0 amide bonds. The van der Waals surface area contributed by atoms with Gasteiger partial charge >= 0.3 is 5.97 Å². The SMILES string of the molecule is O=C(Oc1ccc(Cl)c(Cl)c1)C1CCCN(C2=NS(=O)(=O)c3ccccc32)C1. The third kappa shape index (κ3) is 3.62. The number of amidine groups is 1. The molecule has 0 bridgehead atoms. The molecule has 2 heterocycles. The molecule has 0 aromatic heterocycles. The zero-order chi connectivity index (χ0) is 19.9. The number of hydrogen-bond donors (Lipinski definition) is 0. The lowest BCUT2D eigenvalue weighted by atomic mass is 9.97. The number of sulfonamides is 1. The summed E-state index contributed by atoms with van der Waals surface area (Å²) in [6.07, 6.45) is 1.38. The molecule has 1 saturated heterocycles. The summed E-state index contributed by atoms with van der Waals surface area (Å²) in [5.74, 6) is -0.0792. The second-order valence-corrected chi connectivity index (χ2v) is 9.06. The second-order valence-electron chi connectivity index (χ2n) is 6.67. The van der Waals surface area contributed by atoms with Crippen LogP contribution in [-0.4, -0.2) is 38.2 Å². The molecule has 2 aliphatic rings. The smallest absolute Gasteiger partial charge is 0.316 e. The Bertz CT molecular complexity index is 1090. The summed E-state index contributed by atoms with van der Waals surface area (Å²) >= 11 is 11.8. The van der Waals surface area contributed by atoms with Crippen molar-refractivity contribution in [3.63, 3.8) is 0 Å². The highest BCUT2D eigenvalue weighted by Gasteiger charge is 2.35. The van der Waals surface area contributed by atoms with Gasteiger partial charge in [-0.15, -0.1) is 4.40 Å². The molecule has 9 heteroatoms. The Morgan fingerprint density at radius 1 is 1.14 bits per heavy atom. The molecule has 1 atom stereocenters. The molecule has 1 unspecified atom stereocenters. The van der Waals surface area contributed by atoms with Gasteiger partial charge in [-0.2, -0.15) is 8.42 Å². The average Bonchev–Trinajstić information content (AvgIpc) is 2.96. The van der Waals surface area contributed by atoms with Gasteiger partial charge in [0.1, 0.15) is 10.6 Å². The first-order valence-corrected chi connectivity index (χ1v) is 10.9. The van der Waals surface area contributed by atoms with E-state index in [1.54, 1.807) is 36.4 Å². The van der Waals surface area contributed by atoms with E-state index in [4.69, 9.17) is 27.9 Å². The van der Waals surface area contributed by atoms with Crippen molar-refractivity contribution in [3.8, 4) is 5.75 Å². The molecular weight excluding hydrogens is 423 g/mol. The number of likely N-dealkylation sites (tertiary alicyclic amines) is 1. The maximum Gasteiger partial charge on any atom is 0.316 e. The Morgan fingerprint density at radius 3 is 2.71 bits per heavy atom. The molecule has 2 aliphatic heterocycles. The fraction of sp³-hybridized carbons (Fsp3) is 0.263. The number of rotatable bonds is 2. The molecule has 4 rings (SSSR count). The van der Waals surface area contributed by atoms with Crippen molar-refractivity contribution in [2.45, 2.75) is 17.7 Å².